The zero-order chi connectivity index (χ0) is 28.1. The number of alkyl halides is 5. The third-order valence-electron chi connectivity index (χ3n) is 6.09. The van der Waals surface area contributed by atoms with Gasteiger partial charge in [-0.3, -0.25) is 4.79 Å². The van der Waals surface area contributed by atoms with Crippen LogP contribution in [0.3, 0.4) is 0 Å². The number of ether oxygens (including phenoxy) is 2. The number of sulfone groups is 1. The molecule has 1 amide bonds. The molecular formula is C21H19F7N2O6S. The number of amides is 1. The van der Waals surface area contributed by atoms with E-state index in [4.69, 9.17) is 4.74 Å². The molecule has 0 spiro atoms. The van der Waals surface area contributed by atoms with E-state index in [0.717, 1.165) is 19.2 Å². The number of pyridine rings is 1. The Balaban J connectivity index is 2.13. The lowest BCUT2D eigenvalue weighted by molar-refractivity contribution is -0.606. The summed E-state index contributed by atoms with van der Waals surface area (Å²) in [6, 6.07) is 2.00. The molecule has 0 unspecified atom stereocenters. The lowest BCUT2D eigenvalue weighted by Crippen LogP contribution is -2.47. The summed E-state index contributed by atoms with van der Waals surface area (Å²) in [5.41, 5.74) is -4.23. The van der Waals surface area contributed by atoms with E-state index in [9.17, 15) is 49.2 Å². The van der Waals surface area contributed by atoms with Gasteiger partial charge in [0.05, 0.1) is 0 Å². The van der Waals surface area contributed by atoms with Gasteiger partial charge in [0.2, 0.25) is 12.0 Å². The van der Waals surface area contributed by atoms with Crippen LogP contribution in [-0.2, 0) is 19.4 Å². The minimum Gasteiger partial charge on any atom is -0.619 e. The largest absolute Gasteiger partial charge is 0.619 e. The van der Waals surface area contributed by atoms with Crippen LogP contribution in [-0.4, -0.2) is 45.1 Å². The molecule has 8 nitrogen and oxygen atoms in total. The van der Waals surface area contributed by atoms with Crippen LogP contribution < -0.4 is 14.8 Å². The van der Waals surface area contributed by atoms with E-state index >= 15 is 0 Å². The molecule has 0 aliphatic carbocycles. The average molecular weight is 560 g/mol. The van der Waals surface area contributed by atoms with E-state index in [1.165, 1.54) is 0 Å². The number of carbonyl (C=O) groups is 1. The first-order valence-corrected chi connectivity index (χ1v) is 12.2. The predicted octanol–water partition coefficient (Wildman–Crippen LogP) is 3.68. The molecule has 2 aromatic rings. The highest BCUT2D eigenvalue weighted by atomic mass is 32.2. The van der Waals surface area contributed by atoms with E-state index in [1.54, 1.807) is 0 Å². The molecule has 3 rings (SSSR count). The van der Waals surface area contributed by atoms with Crippen molar-refractivity contribution in [3.8, 4) is 5.75 Å². The highest BCUT2D eigenvalue weighted by molar-refractivity contribution is 7.90. The zero-order valence-electron chi connectivity index (χ0n) is 19.1. The lowest BCUT2D eigenvalue weighted by atomic mass is 9.77. The number of hydrogen-bond acceptors (Lipinski definition) is 6. The van der Waals surface area contributed by atoms with Gasteiger partial charge >= 0.3 is 12.8 Å². The number of aromatic nitrogens is 1. The van der Waals surface area contributed by atoms with E-state index in [0.29, 0.717) is 31.5 Å². The Kier molecular flexibility index (Phi) is 7.40. The van der Waals surface area contributed by atoms with Gasteiger partial charge in [-0.1, -0.05) is 13.0 Å². The minimum atomic E-state index is -5.11. The molecule has 0 saturated carbocycles. The Labute approximate surface area is 205 Å². The molecule has 2 heterocycles. The average Bonchev–Trinajstić information content (AvgIpc) is 3.02. The highest BCUT2D eigenvalue weighted by Gasteiger charge is 2.66. The monoisotopic (exact) mass is 560 g/mol. The molecular weight excluding hydrogens is 541 g/mol. The van der Waals surface area contributed by atoms with Gasteiger partial charge in [0.25, 0.3) is 5.91 Å². The van der Waals surface area contributed by atoms with Crippen LogP contribution >= 0.6 is 0 Å². The van der Waals surface area contributed by atoms with Crippen molar-refractivity contribution >= 4 is 21.4 Å². The smallest absolute Gasteiger partial charge is 0.417 e. The van der Waals surface area contributed by atoms with Gasteiger partial charge in [-0.15, -0.1) is 0 Å². The summed E-state index contributed by atoms with van der Waals surface area (Å²) in [5.74, 6) is -9.87. The van der Waals surface area contributed by atoms with Crippen molar-refractivity contribution in [3.63, 3.8) is 0 Å². The fourth-order valence-electron chi connectivity index (χ4n) is 4.05. The van der Waals surface area contributed by atoms with Crippen LogP contribution in [0.15, 0.2) is 35.5 Å². The summed E-state index contributed by atoms with van der Waals surface area (Å²) >= 11 is 0. The van der Waals surface area contributed by atoms with E-state index in [1.807, 2.05) is 0 Å². The molecule has 1 aliphatic heterocycles. The number of benzene rings is 1. The van der Waals surface area contributed by atoms with E-state index in [2.05, 4.69) is 10.1 Å². The first kappa shape index (κ1) is 28.4. The number of halogens is 7. The maximum Gasteiger partial charge on any atom is 0.417 e. The second kappa shape index (κ2) is 9.63. The minimum absolute atomic E-state index is 0.0192. The third kappa shape index (κ3) is 5.44. The van der Waals surface area contributed by atoms with E-state index in [-0.39, 0.29) is 4.73 Å². The highest BCUT2D eigenvalue weighted by Crippen LogP contribution is 2.55. The third-order valence-corrected chi connectivity index (χ3v) is 7.17. The Morgan fingerprint density at radius 2 is 1.86 bits per heavy atom. The Morgan fingerprint density at radius 3 is 2.41 bits per heavy atom. The van der Waals surface area contributed by atoms with Crippen LogP contribution in [0.1, 0.15) is 25.3 Å². The van der Waals surface area contributed by atoms with Crippen molar-refractivity contribution in [1.82, 2.24) is 0 Å². The number of hydrogen-bond donors (Lipinski definition) is 1. The van der Waals surface area contributed by atoms with Crippen molar-refractivity contribution in [1.29, 1.82) is 0 Å². The number of nitrogens with zero attached hydrogens (tertiary/aromatic N) is 1. The molecule has 4 atom stereocenters. The van der Waals surface area contributed by atoms with Crippen molar-refractivity contribution in [2.45, 2.75) is 49.2 Å². The molecule has 1 aliphatic rings. The van der Waals surface area contributed by atoms with Crippen LogP contribution in [0.2, 0.25) is 0 Å². The van der Waals surface area contributed by atoms with Crippen LogP contribution in [0.25, 0.3) is 0 Å². The SMILES string of the molecule is C[C@H]1[C@@H](c2ccc(F)c(F)c2OC(F)F)[C@H](C(=O)Nc2cc(S(C)(=O)=O)c[n+]([O-])c2)O[C@@]1(C)C(F)(F)F. The first-order chi connectivity index (χ1) is 16.9. The summed E-state index contributed by atoms with van der Waals surface area (Å²) in [5, 5.41) is 13.9. The maximum atomic E-state index is 14.4. The normalized spacial score (nSPS) is 24.4. The summed E-state index contributed by atoms with van der Waals surface area (Å²) in [6.45, 7) is -2.14. The molecule has 0 radical (unpaired) electrons. The fourth-order valence-corrected chi connectivity index (χ4v) is 4.69. The molecule has 204 valence electrons. The molecule has 37 heavy (non-hydrogen) atoms. The summed E-state index contributed by atoms with van der Waals surface area (Å²) in [4.78, 5) is 12.6. The number of anilines is 1. The van der Waals surface area contributed by atoms with Crippen LogP contribution in [0.4, 0.5) is 36.4 Å². The topological polar surface area (TPSA) is 109 Å². The molecule has 1 saturated heterocycles. The Hall–Kier alpha value is -3.14. The fraction of sp³-hybridized carbons (Fsp3) is 0.429. The summed E-state index contributed by atoms with van der Waals surface area (Å²) in [7, 11) is -3.95. The van der Waals surface area contributed by atoms with Gasteiger partial charge in [0, 0.05) is 23.7 Å². The molecule has 1 N–H and O–H groups in total. The number of carbonyl (C=O) groups excluding carboxylic acids is 1. The number of rotatable bonds is 6. The molecule has 0 bridgehead atoms. The number of nitrogens with one attached hydrogen (secondary N) is 1. The molecule has 1 aromatic carbocycles. The second-order valence-corrected chi connectivity index (χ2v) is 10.5. The van der Waals surface area contributed by atoms with Gasteiger partial charge in [0.1, 0.15) is 16.7 Å². The van der Waals surface area contributed by atoms with Gasteiger partial charge in [-0.2, -0.15) is 31.1 Å². The van der Waals surface area contributed by atoms with Gasteiger partial charge < -0.3 is 20.0 Å². The Morgan fingerprint density at radius 1 is 1.24 bits per heavy atom. The summed E-state index contributed by atoms with van der Waals surface area (Å²) in [6.07, 6.45) is -5.15. The predicted molar refractivity (Wildman–Crippen MR) is 111 cm³/mol. The van der Waals surface area contributed by atoms with Crippen molar-refractivity contribution in [2.24, 2.45) is 5.92 Å². The van der Waals surface area contributed by atoms with Crippen molar-refractivity contribution in [2.75, 3.05) is 11.6 Å². The second-order valence-electron chi connectivity index (χ2n) is 8.50. The van der Waals surface area contributed by atoms with Gasteiger partial charge in [-0.05, 0) is 19.1 Å². The molecule has 1 aromatic heterocycles. The van der Waals surface area contributed by atoms with Gasteiger partial charge in [-0.25, -0.2) is 12.8 Å². The Bertz CT molecular complexity index is 1320. The molecule has 1 fully saturated rings. The summed E-state index contributed by atoms with van der Waals surface area (Å²) < 4.78 is 129. The first-order valence-electron chi connectivity index (χ1n) is 10.3. The maximum absolute atomic E-state index is 14.4. The quantitative estimate of drug-likeness (QED) is 0.328. The lowest BCUT2D eigenvalue weighted by Gasteiger charge is -2.32. The van der Waals surface area contributed by atoms with Crippen LogP contribution in [0.5, 0.6) is 5.75 Å². The zero-order valence-corrected chi connectivity index (χ0v) is 20.0. The molecule has 16 heteroatoms. The van der Waals surface area contributed by atoms with E-state index < -0.39 is 85.6 Å². The standard InChI is InChI=1S/C21H19F7N2O6S/c1-9-14(12-4-5-13(22)15(23)16(12)35-19(24)25)17(36-20(9,2)21(26,27)28)18(31)29-10-6-11(37(3,33)34)8-30(32)7-10/h4-9,14,17,19H,1-3H3,(H,29,31)/t9-,14-,17+,20+/m0/s1. The van der Waals surface area contributed by atoms with Crippen LogP contribution in [0, 0.1) is 22.8 Å². The van der Waals surface area contributed by atoms with Crippen molar-refractivity contribution in [3.05, 3.63) is 53.0 Å². The van der Waals surface area contributed by atoms with Gasteiger partial charge in [0.15, 0.2) is 33.2 Å². The van der Waals surface area contributed by atoms with Crippen molar-refractivity contribution < 1.29 is 58.1 Å².